The number of fused-ring (bicyclic) bond motifs is 1. The van der Waals surface area contributed by atoms with Gasteiger partial charge in [0.15, 0.2) is 9.84 Å². The van der Waals surface area contributed by atoms with Gasteiger partial charge in [0, 0.05) is 5.56 Å². The monoisotopic (exact) mass is 538 g/mol. The maximum atomic E-state index is 13.4. The lowest BCUT2D eigenvalue weighted by molar-refractivity contribution is -0.136. The molecule has 0 saturated heterocycles. The van der Waals surface area contributed by atoms with E-state index in [4.69, 9.17) is 16.3 Å². The Bertz CT molecular complexity index is 1540. The number of hydrogen-bond donors (Lipinski definition) is 0. The van der Waals surface area contributed by atoms with Crippen LogP contribution in [0.1, 0.15) is 17.7 Å². The molecule has 0 N–H and O–H groups in total. The summed E-state index contributed by atoms with van der Waals surface area (Å²) < 4.78 is 83.2. The molecule has 0 spiro atoms. The highest BCUT2D eigenvalue weighted by Gasteiger charge is 2.33. The zero-order chi connectivity index (χ0) is 26.1. The fraction of sp³-hybridized carbons (Fsp3) is 0.200. The third-order valence-electron chi connectivity index (χ3n) is 5.31. The van der Waals surface area contributed by atoms with Crippen LogP contribution in [0.4, 0.5) is 17.6 Å². The molecule has 4 aromatic rings. The Morgan fingerprint density at radius 3 is 2.42 bits per heavy atom. The molecular weight excluding hydrogens is 520 g/mol. The highest BCUT2D eigenvalue weighted by Crippen LogP contribution is 2.37. The van der Waals surface area contributed by atoms with Crippen molar-refractivity contribution in [3.63, 3.8) is 0 Å². The molecule has 5 nitrogen and oxygen atoms in total. The molecule has 1 heterocycles. The first-order chi connectivity index (χ1) is 17.0. The van der Waals surface area contributed by atoms with Gasteiger partial charge in [-0.25, -0.2) is 18.4 Å². The Balaban J connectivity index is 1.71. The Labute approximate surface area is 209 Å². The van der Waals surface area contributed by atoms with E-state index in [0.717, 1.165) is 6.07 Å². The number of aromatic nitrogens is 2. The number of alkyl halides is 4. The molecule has 0 atom stereocenters. The van der Waals surface area contributed by atoms with Gasteiger partial charge in [-0.05, 0) is 61.9 Å². The molecule has 0 saturated carbocycles. The van der Waals surface area contributed by atoms with Gasteiger partial charge in [-0.2, -0.15) is 13.2 Å². The van der Waals surface area contributed by atoms with E-state index < -0.39 is 28.3 Å². The van der Waals surface area contributed by atoms with Crippen molar-refractivity contribution >= 4 is 32.5 Å². The van der Waals surface area contributed by atoms with Gasteiger partial charge in [0.2, 0.25) is 0 Å². The van der Waals surface area contributed by atoms with Crippen LogP contribution >= 0.6 is 11.6 Å². The summed E-state index contributed by atoms with van der Waals surface area (Å²) in [7, 11) is -3.68. The lowest BCUT2D eigenvalue weighted by Gasteiger charge is -2.14. The van der Waals surface area contributed by atoms with Gasteiger partial charge in [-0.3, -0.25) is 4.39 Å². The molecule has 188 valence electrons. The Morgan fingerprint density at radius 2 is 1.69 bits per heavy atom. The lowest BCUT2D eigenvalue weighted by Crippen LogP contribution is -2.08. The number of aryl methyl sites for hydroxylation is 1. The van der Waals surface area contributed by atoms with Crippen molar-refractivity contribution in [2.45, 2.75) is 24.4 Å². The fourth-order valence-electron chi connectivity index (χ4n) is 3.62. The van der Waals surface area contributed by atoms with E-state index in [-0.39, 0.29) is 56.0 Å². The maximum absolute atomic E-state index is 13.4. The largest absolute Gasteiger partial charge is 0.457 e. The van der Waals surface area contributed by atoms with E-state index >= 15 is 0 Å². The van der Waals surface area contributed by atoms with Gasteiger partial charge in [0.25, 0.3) is 0 Å². The Morgan fingerprint density at radius 1 is 0.972 bits per heavy atom. The van der Waals surface area contributed by atoms with E-state index in [9.17, 15) is 26.0 Å². The quantitative estimate of drug-likeness (QED) is 0.233. The third-order valence-corrected chi connectivity index (χ3v) is 7.44. The minimum Gasteiger partial charge on any atom is -0.457 e. The molecule has 4 rings (SSSR count). The molecule has 36 heavy (non-hydrogen) atoms. The van der Waals surface area contributed by atoms with Gasteiger partial charge in [-0.15, -0.1) is 0 Å². The predicted molar refractivity (Wildman–Crippen MR) is 129 cm³/mol. The second-order valence-corrected chi connectivity index (χ2v) is 10.4. The van der Waals surface area contributed by atoms with E-state index in [1.165, 1.54) is 43.3 Å². The van der Waals surface area contributed by atoms with Crippen molar-refractivity contribution in [2.75, 3.05) is 12.4 Å². The summed E-state index contributed by atoms with van der Waals surface area (Å²) in [6.07, 6.45) is -4.69. The summed E-state index contributed by atoms with van der Waals surface area (Å²) in [4.78, 5) is 8.55. The van der Waals surface area contributed by atoms with Gasteiger partial charge < -0.3 is 4.74 Å². The number of halogens is 5. The predicted octanol–water partition coefficient (Wildman–Crippen LogP) is 7.20. The standard InChI is InChI=1S/C25H19ClF4N2O3S/c1-15-23(32-22-8-3-7-20(24(22)31-15)25(28,29)30)19-14-17(9-10-21(19)26)35-16-5-2-6-18(13-16)36(33,34)12-4-11-27/h2-3,5-10,13-14H,4,11-12H2,1H3. The van der Waals surface area contributed by atoms with E-state index in [1.54, 1.807) is 18.2 Å². The van der Waals surface area contributed by atoms with Gasteiger partial charge >= 0.3 is 6.18 Å². The summed E-state index contributed by atoms with van der Waals surface area (Å²) in [6.45, 7) is 0.794. The van der Waals surface area contributed by atoms with Crippen LogP contribution in [0, 0.1) is 6.92 Å². The van der Waals surface area contributed by atoms with Crippen LogP contribution in [-0.2, 0) is 16.0 Å². The summed E-state index contributed by atoms with van der Waals surface area (Å²) in [5.41, 5.74) is -0.199. The minimum absolute atomic E-state index is 0.000605. The van der Waals surface area contributed by atoms with Crippen molar-refractivity contribution in [3.8, 4) is 22.8 Å². The highest BCUT2D eigenvalue weighted by atomic mass is 35.5. The Kier molecular flexibility index (Phi) is 7.19. The highest BCUT2D eigenvalue weighted by molar-refractivity contribution is 7.91. The van der Waals surface area contributed by atoms with Crippen molar-refractivity contribution in [2.24, 2.45) is 0 Å². The van der Waals surface area contributed by atoms with Crippen LogP contribution in [-0.4, -0.2) is 30.8 Å². The molecule has 0 bridgehead atoms. The maximum Gasteiger partial charge on any atom is 0.418 e. The minimum atomic E-state index is -4.58. The molecule has 0 aliphatic carbocycles. The fourth-order valence-corrected chi connectivity index (χ4v) is 5.14. The van der Waals surface area contributed by atoms with Gasteiger partial charge in [0.05, 0.1) is 44.8 Å². The average molecular weight is 539 g/mol. The first kappa shape index (κ1) is 25.8. The second-order valence-electron chi connectivity index (χ2n) is 7.91. The van der Waals surface area contributed by atoms with Crippen LogP contribution in [0.3, 0.4) is 0 Å². The number of rotatable bonds is 7. The number of para-hydroxylation sites is 1. The molecule has 11 heteroatoms. The van der Waals surface area contributed by atoms with Gasteiger partial charge in [0.1, 0.15) is 17.0 Å². The molecule has 0 fully saturated rings. The van der Waals surface area contributed by atoms with Gasteiger partial charge in [-0.1, -0.05) is 23.7 Å². The molecule has 0 radical (unpaired) electrons. The number of hydrogen-bond acceptors (Lipinski definition) is 5. The normalized spacial score (nSPS) is 12.2. The summed E-state index contributed by atoms with van der Waals surface area (Å²) in [6, 6.07) is 14.1. The van der Waals surface area contributed by atoms with Crippen LogP contribution in [0.15, 0.2) is 65.6 Å². The average Bonchev–Trinajstić information content (AvgIpc) is 2.83. The smallest absolute Gasteiger partial charge is 0.418 e. The molecule has 3 aromatic carbocycles. The lowest BCUT2D eigenvalue weighted by atomic mass is 10.1. The number of sulfone groups is 1. The van der Waals surface area contributed by atoms with Crippen molar-refractivity contribution < 1.29 is 30.7 Å². The summed E-state index contributed by atoms with van der Waals surface area (Å²) in [5, 5.41) is 0.272. The number of ether oxygens (including phenoxy) is 1. The van der Waals surface area contributed by atoms with Crippen LogP contribution in [0.5, 0.6) is 11.5 Å². The SMILES string of the molecule is Cc1nc2c(C(F)(F)F)cccc2nc1-c1cc(Oc2cccc(S(=O)(=O)CCCF)c2)ccc1Cl. The molecule has 1 aromatic heterocycles. The van der Waals surface area contributed by atoms with E-state index in [2.05, 4.69) is 9.97 Å². The second kappa shape index (κ2) is 10.0. The summed E-state index contributed by atoms with van der Waals surface area (Å²) in [5.74, 6) is 0.187. The van der Waals surface area contributed by atoms with E-state index in [1.807, 2.05) is 0 Å². The molecule has 0 amide bonds. The first-order valence-corrected chi connectivity index (χ1v) is 12.7. The molecule has 0 aliphatic rings. The van der Waals surface area contributed by atoms with Crippen molar-refractivity contribution in [1.82, 2.24) is 9.97 Å². The van der Waals surface area contributed by atoms with Crippen molar-refractivity contribution in [1.29, 1.82) is 0 Å². The van der Waals surface area contributed by atoms with Crippen molar-refractivity contribution in [3.05, 3.63) is 76.9 Å². The van der Waals surface area contributed by atoms with Crippen LogP contribution < -0.4 is 4.74 Å². The summed E-state index contributed by atoms with van der Waals surface area (Å²) >= 11 is 6.38. The molecule has 0 aliphatic heterocycles. The number of benzene rings is 3. The van der Waals surface area contributed by atoms with Crippen LogP contribution in [0.2, 0.25) is 5.02 Å². The first-order valence-electron chi connectivity index (χ1n) is 10.7. The Hall–Kier alpha value is -3.24. The molecular formula is C25H19ClF4N2O3S. The topological polar surface area (TPSA) is 69.2 Å². The van der Waals surface area contributed by atoms with E-state index in [0.29, 0.717) is 5.56 Å². The molecule has 0 unspecified atom stereocenters. The zero-order valence-corrected chi connectivity index (χ0v) is 20.4. The number of nitrogens with zero attached hydrogens (tertiary/aromatic N) is 2. The van der Waals surface area contributed by atoms with Crippen LogP contribution in [0.25, 0.3) is 22.3 Å². The zero-order valence-electron chi connectivity index (χ0n) is 18.8. The third kappa shape index (κ3) is 5.44.